The zero-order valence-electron chi connectivity index (χ0n) is 8.24. The van der Waals surface area contributed by atoms with Gasteiger partial charge in [0.1, 0.15) is 3.70 Å². The summed E-state index contributed by atoms with van der Waals surface area (Å²) in [5.74, 6) is 0. The molecule has 0 fully saturated rings. The molecular weight excluding hydrogens is 322 g/mol. The second kappa shape index (κ2) is 4.53. The molecule has 0 N–H and O–H groups in total. The van der Waals surface area contributed by atoms with E-state index in [2.05, 4.69) is 33.8 Å². The molecule has 1 aromatic heterocycles. The largest absolute Gasteiger partial charge is 0.264 e. The fourth-order valence-corrected chi connectivity index (χ4v) is 2.32. The molecule has 0 atom stereocenters. The summed E-state index contributed by atoms with van der Waals surface area (Å²) in [5, 5.41) is 5.19. The Balaban J connectivity index is 2.29. The summed E-state index contributed by atoms with van der Waals surface area (Å²) >= 11 is 8.30. The highest BCUT2D eigenvalue weighted by Gasteiger charge is 2.04. The van der Waals surface area contributed by atoms with Crippen LogP contribution in [0.5, 0.6) is 0 Å². The molecule has 1 aromatic carbocycles. The highest BCUT2D eigenvalue weighted by molar-refractivity contribution is 14.1. The van der Waals surface area contributed by atoms with Crippen LogP contribution in [0.15, 0.2) is 30.3 Å². The molecule has 0 amide bonds. The van der Waals surface area contributed by atoms with Crippen molar-refractivity contribution >= 4 is 34.2 Å². The van der Waals surface area contributed by atoms with E-state index in [-0.39, 0.29) is 0 Å². The van der Waals surface area contributed by atoms with Crippen LogP contribution in [0.2, 0.25) is 5.02 Å². The summed E-state index contributed by atoms with van der Waals surface area (Å²) in [6.07, 6.45) is 0. The van der Waals surface area contributed by atoms with Gasteiger partial charge in [0, 0.05) is 10.7 Å². The molecule has 0 aliphatic heterocycles. The van der Waals surface area contributed by atoms with E-state index in [1.54, 1.807) is 0 Å². The topological polar surface area (TPSA) is 17.8 Å². The van der Waals surface area contributed by atoms with E-state index in [4.69, 9.17) is 11.6 Å². The quantitative estimate of drug-likeness (QED) is 0.770. The maximum absolute atomic E-state index is 6.09. The Hall–Kier alpha value is -0.550. The van der Waals surface area contributed by atoms with E-state index in [1.165, 1.54) is 0 Å². The maximum Gasteiger partial charge on any atom is 0.123 e. The van der Waals surface area contributed by atoms with Gasteiger partial charge in [0.05, 0.1) is 6.54 Å². The summed E-state index contributed by atoms with van der Waals surface area (Å²) < 4.78 is 2.97. The fraction of sp³-hybridized carbons (Fsp3) is 0.182. The van der Waals surface area contributed by atoms with Crippen LogP contribution in [0.1, 0.15) is 11.3 Å². The zero-order chi connectivity index (χ0) is 10.8. The predicted molar refractivity (Wildman–Crippen MR) is 70.2 cm³/mol. The molecule has 15 heavy (non-hydrogen) atoms. The van der Waals surface area contributed by atoms with Crippen molar-refractivity contribution in [3.63, 3.8) is 0 Å². The van der Waals surface area contributed by atoms with Gasteiger partial charge >= 0.3 is 0 Å². The Morgan fingerprint density at radius 2 is 2.13 bits per heavy atom. The molecule has 0 saturated carbocycles. The molecule has 2 aromatic rings. The van der Waals surface area contributed by atoms with Crippen molar-refractivity contribution in [1.29, 1.82) is 0 Å². The van der Waals surface area contributed by atoms with Crippen LogP contribution in [0.4, 0.5) is 0 Å². The third-order valence-electron chi connectivity index (χ3n) is 2.23. The van der Waals surface area contributed by atoms with E-state index < -0.39 is 0 Å². The first kappa shape index (κ1) is 11.0. The van der Waals surface area contributed by atoms with Crippen molar-refractivity contribution < 1.29 is 0 Å². The molecule has 78 valence electrons. The normalized spacial score (nSPS) is 10.6. The number of aromatic nitrogens is 2. The summed E-state index contributed by atoms with van der Waals surface area (Å²) in [7, 11) is 0. The first-order chi connectivity index (χ1) is 7.16. The minimum absolute atomic E-state index is 0.731. The van der Waals surface area contributed by atoms with Gasteiger partial charge in [0.15, 0.2) is 0 Å². The lowest BCUT2D eigenvalue weighted by atomic mass is 10.2. The molecule has 0 aliphatic rings. The fourth-order valence-electron chi connectivity index (χ4n) is 1.42. The van der Waals surface area contributed by atoms with Gasteiger partial charge in [0.2, 0.25) is 0 Å². The lowest BCUT2D eigenvalue weighted by Crippen LogP contribution is -2.04. The minimum atomic E-state index is 0.731. The van der Waals surface area contributed by atoms with E-state index in [9.17, 15) is 0 Å². The van der Waals surface area contributed by atoms with Gasteiger partial charge in [0.25, 0.3) is 0 Å². The second-order valence-corrected chi connectivity index (χ2v) is 4.87. The van der Waals surface area contributed by atoms with Crippen LogP contribution < -0.4 is 0 Å². The number of hydrogen-bond acceptors (Lipinski definition) is 1. The molecular formula is C11H10ClIN2. The molecule has 0 aliphatic carbocycles. The van der Waals surface area contributed by atoms with Crippen molar-refractivity contribution in [1.82, 2.24) is 9.78 Å². The molecule has 0 unspecified atom stereocenters. The summed E-state index contributed by atoms with van der Waals surface area (Å²) in [6, 6.07) is 9.91. The number of hydrogen-bond donors (Lipinski definition) is 0. The molecule has 0 radical (unpaired) electrons. The first-order valence-corrected chi connectivity index (χ1v) is 6.06. The van der Waals surface area contributed by atoms with Gasteiger partial charge in [-0.3, -0.25) is 4.68 Å². The van der Waals surface area contributed by atoms with Crippen molar-refractivity contribution in [2.24, 2.45) is 0 Å². The van der Waals surface area contributed by atoms with Gasteiger partial charge in [-0.15, -0.1) is 0 Å². The maximum atomic E-state index is 6.09. The smallest absolute Gasteiger partial charge is 0.123 e. The van der Waals surface area contributed by atoms with E-state index in [0.29, 0.717) is 0 Å². The van der Waals surface area contributed by atoms with Crippen LogP contribution in [-0.2, 0) is 6.54 Å². The highest BCUT2D eigenvalue weighted by Crippen LogP contribution is 2.17. The molecule has 0 spiro atoms. The number of nitrogens with zero attached hydrogens (tertiary/aromatic N) is 2. The van der Waals surface area contributed by atoms with Gasteiger partial charge < -0.3 is 0 Å². The van der Waals surface area contributed by atoms with Crippen molar-refractivity contribution in [2.75, 3.05) is 0 Å². The Kier molecular flexibility index (Phi) is 3.31. The van der Waals surface area contributed by atoms with Crippen molar-refractivity contribution in [2.45, 2.75) is 13.5 Å². The van der Waals surface area contributed by atoms with Crippen molar-refractivity contribution in [3.05, 3.63) is 50.3 Å². The summed E-state index contributed by atoms with van der Waals surface area (Å²) in [5.41, 5.74) is 2.25. The molecule has 2 rings (SSSR count). The van der Waals surface area contributed by atoms with Gasteiger partial charge in [-0.05, 0) is 47.2 Å². The molecule has 4 heteroatoms. The Morgan fingerprint density at radius 1 is 1.40 bits per heavy atom. The van der Waals surface area contributed by atoms with Crippen molar-refractivity contribution in [3.8, 4) is 0 Å². The number of aryl methyl sites for hydroxylation is 1. The average molecular weight is 333 g/mol. The Labute approximate surface area is 107 Å². The van der Waals surface area contributed by atoms with Gasteiger partial charge in [-0.2, -0.15) is 5.10 Å². The third-order valence-corrected chi connectivity index (χ3v) is 3.13. The van der Waals surface area contributed by atoms with Gasteiger partial charge in [-0.25, -0.2) is 0 Å². The van der Waals surface area contributed by atoms with Crippen LogP contribution in [0.3, 0.4) is 0 Å². The molecule has 0 bridgehead atoms. The third kappa shape index (κ3) is 2.52. The minimum Gasteiger partial charge on any atom is -0.264 e. The monoisotopic (exact) mass is 332 g/mol. The predicted octanol–water partition coefficient (Wildman–Crippen LogP) is 3.50. The van der Waals surface area contributed by atoms with Gasteiger partial charge in [-0.1, -0.05) is 29.8 Å². The van der Waals surface area contributed by atoms with Crippen LogP contribution in [0, 0.1) is 10.6 Å². The SMILES string of the molecule is Cc1cc(I)nn1Cc1ccccc1Cl. The zero-order valence-corrected chi connectivity index (χ0v) is 11.2. The molecule has 2 nitrogen and oxygen atoms in total. The van der Waals surface area contributed by atoms with E-state index in [0.717, 1.165) is 26.5 Å². The first-order valence-electron chi connectivity index (χ1n) is 4.60. The number of benzene rings is 1. The van der Waals surface area contributed by atoms with E-state index >= 15 is 0 Å². The number of halogens is 2. The molecule has 1 heterocycles. The Morgan fingerprint density at radius 3 is 2.73 bits per heavy atom. The Bertz CT molecular complexity index is 479. The number of rotatable bonds is 2. The summed E-state index contributed by atoms with van der Waals surface area (Å²) in [4.78, 5) is 0. The molecule has 0 saturated heterocycles. The van der Waals surface area contributed by atoms with Crippen LogP contribution in [0.25, 0.3) is 0 Å². The van der Waals surface area contributed by atoms with Crippen LogP contribution in [-0.4, -0.2) is 9.78 Å². The van der Waals surface area contributed by atoms with E-state index in [1.807, 2.05) is 35.9 Å². The highest BCUT2D eigenvalue weighted by atomic mass is 127. The summed E-state index contributed by atoms with van der Waals surface area (Å²) in [6.45, 7) is 2.78. The lowest BCUT2D eigenvalue weighted by molar-refractivity contribution is 0.660. The second-order valence-electron chi connectivity index (χ2n) is 3.36. The van der Waals surface area contributed by atoms with Crippen LogP contribution >= 0.6 is 34.2 Å². The average Bonchev–Trinajstić information content (AvgIpc) is 2.49. The standard InChI is InChI=1S/C11H10ClIN2/c1-8-6-11(13)14-15(8)7-9-4-2-3-5-10(9)12/h2-6H,7H2,1H3. The lowest BCUT2D eigenvalue weighted by Gasteiger charge is -2.05.